The summed E-state index contributed by atoms with van der Waals surface area (Å²) in [6.45, 7) is 2.04. The third-order valence-electron chi connectivity index (χ3n) is 2.63. The Morgan fingerprint density at radius 3 is 2.60 bits per heavy atom. The van der Waals surface area contributed by atoms with Crippen molar-refractivity contribution < 1.29 is 14.3 Å². The molecular formula is C14H20N2O3S. The van der Waals surface area contributed by atoms with E-state index >= 15 is 0 Å². The van der Waals surface area contributed by atoms with Crippen LogP contribution in [-0.4, -0.2) is 43.1 Å². The van der Waals surface area contributed by atoms with Crippen LogP contribution in [0.5, 0.6) is 0 Å². The van der Waals surface area contributed by atoms with E-state index in [2.05, 4.69) is 0 Å². The number of amides is 1. The van der Waals surface area contributed by atoms with Crippen molar-refractivity contribution in [3.63, 3.8) is 0 Å². The number of rotatable bonds is 7. The molecule has 0 radical (unpaired) electrons. The molecule has 0 spiro atoms. The molecule has 1 aromatic rings. The molecule has 0 bridgehead atoms. The van der Waals surface area contributed by atoms with Crippen molar-refractivity contribution in [2.45, 2.75) is 13.0 Å². The van der Waals surface area contributed by atoms with Gasteiger partial charge in [-0.25, -0.2) is 0 Å². The summed E-state index contributed by atoms with van der Waals surface area (Å²) in [6.07, 6.45) is 0. The summed E-state index contributed by atoms with van der Waals surface area (Å²) in [5.74, 6) is 0.187. The summed E-state index contributed by atoms with van der Waals surface area (Å²) in [5, 5.41) is 0. The number of nitrogens with two attached hydrogens (primary N) is 1. The lowest BCUT2D eigenvalue weighted by molar-refractivity contribution is -0.144. The molecule has 0 saturated heterocycles. The van der Waals surface area contributed by atoms with Gasteiger partial charge in [-0.3, -0.25) is 9.59 Å². The Morgan fingerprint density at radius 1 is 1.35 bits per heavy atom. The minimum Gasteiger partial charge on any atom is -0.465 e. The fourth-order valence-corrected chi connectivity index (χ4v) is 2.36. The SMILES string of the molecule is CCOC(=O)C(N)CSCC(=O)N(C)c1ccccc1. The first-order valence-corrected chi connectivity index (χ1v) is 7.53. The van der Waals surface area contributed by atoms with Gasteiger partial charge < -0.3 is 15.4 Å². The molecule has 1 aromatic carbocycles. The number of hydrogen-bond donors (Lipinski definition) is 1. The van der Waals surface area contributed by atoms with Gasteiger partial charge in [0, 0.05) is 18.5 Å². The van der Waals surface area contributed by atoms with Gasteiger partial charge in [-0.1, -0.05) is 18.2 Å². The largest absolute Gasteiger partial charge is 0.465 e. The van der Waals surface area contributed by atoms with Gasteiger partial charge in [-0.2, -0.15) is 0 Å². The first kappa shape index (κ1) is 16.5. The Bertz CT molecular complexity index is 439. The normalized spacial score (nSPS) is 11.8. The van der Waals surface area contributed by atoms with Gasteiger partial charge in [-0.05, 0) is 19.1 Å². The molecule has 1 unspecified atom stereocenters. The molecule has 0 aromatic heterocycles. The molecule has 1 rings (SSSR count). The monoisotopic (exact) mass is 296 g/mol. The van der Waals surface area contributed by atoms with Crippen molar-refractivity contribution in [2.75, 3.05) is 30.1 Å². The van der Waals surface area contributed by atoms with Gasteiger partial charge >= 0.3 is 5.97 Å². The van der Waals surface area contributed by atoms with Crippen LogP contribution in [0.2, 0.25) is 0 Å². The van der Waals surface area contributed by atoms with Crippen LogP contribution < -0.4 is 10.6 Å². The topological polar surface area (TPSA) is 72.6 Å². The van der Waals surface area contributed by atoms with E-state index in [1.54, 1.807) is 18.9 Å². The second-order valence-electron chi connectivity index (χ2n) is 4.16. The summed E-state index contributed by atoms with van der Waals surface area (Å²) in [4.78, 5) is 24.9. The van der Waals surface area contributed by atoms with Gasteiger partial charge in [0.1, 0.15) is 6.04 Å². The Labute approximate surface area is 123 Å². The number of ether oxygens (including phenoxy) is 1. The highest BCUT2D eigenvalue weighted by Crippen LogP contribution is 2.13. The van der Waals surface area contributed by atoms with Gasteiger partial charge in [0.15, 0.2) is 0 Å². The Kier molecular flexibility index (Phi) is 7.11. The van der Waals surface area contributed by atoms with Gasteiger partial charge in [0.2, 0.25) is 5.91 Å². The highest BCUT2D eigenvalue weighted by molar-refractivity contribution is 8.00. The van der Waals surface area contributed by atoms with Crippen molar-refractivity contribution in [2.24, 2.45) is 5.73 Å². The van der Waals surface area contributed by atoms with Gasteiger partial charge in [0.25, 0.3) is 0 Å². The second kappa shape index (κ2) is 8.60. The lowest BCUT2D eigenvalue weighted by Gasteiger charge is -2.17. The Morgan fingerprint density at radius 2 is 2.00 bits per heavy atom. The number of esters is 1. The van der Waals surface area contributed by atoms with Crippen molar-refractivity contribution in [3.8, 4) is 0 Å². The average molecular weight is 296 g/mol. The molecule has 1 amide bonds. The van der Waals surface area contributed by atoms with Gasteiger partial charge in [-0.15, -0.1) is 11.8 Å². The fraction of sp³-hybridized carbons (Fsp3) is 0.429. The smallest absolute Gasteiger partial charge is 0.323 e. The average Bonchev–Trinajstić information content (AvgIpc) is 2.47. The van der Waals surface area contributed by atoms with E-state index in [-0.39, 0.29) is 11.7 Å². The quantitative estimate of drug-likeness (QED) is 0.767. The summed E-state index contributed by atoms with van der Waals surface area (Å²) in [6, 6.07) is 8.70. The molecule has 0 aliphatic carbocycles. The zero-order chi connectivity index (χ0) is 15.0. The van der Waals surface area contributed by atoms with Crippen molar-refractivity contribution in [1.82, 2.24) is 0 Å². The molecule has 0 saturated carbocycles. The van der Waals surface area contributed by atoms with E-state index in [1.807, 2.05) is 30.3 Å². The lowest BCUT2D eigenvalue weighted by Crippen LogP contribution is -2.35. The second-order valence-corrected chi connectivity index (χ2v) is 5.19. The minimum atomic E-state index is -0.685. The fourth-order valence-electron chi connectivity index (χ4n) is 1.48. The molecule has 110 valence electrons. The molecule has 20 heavy (non-hydrogen) atoms. The van der Waals surface area contributed by atoms with Crippen LogP contribution in [0.3, 0.4) is 0 Å². The number of nitrogens with zero attached hydrogens (tertiary/aromatic N) is 1. The van der Waals surface area contributed by atoms with Crippen LogP contribution in [-0.2, 0) is 14.3 Å². The number of benzene rings is 1. The van der Waals surface area contributed by atoms with Crippen LogP contribution in [0.25, 0.3) is 0 Å². The third-order valence-corrected chi connectivity index (χ3v) is 3.68. The molecule has 0 fully saturated rings. The minimum absolute atomic E-state index is 0.0303. The predicted octanol–water partition coefficient (Wildman–Crippen LogP) is 1.27. The zero-order valence-electron chi connectivity index (χ0n) is 11.7. The molecule has 2 N–H and O–H groups in total. The first-order chi connectivity index (χ1) is 9.56. The molecule has 1 atom stereocenters. The highest BCUT2D eigenvalue weighted by Gasteiger charge is 2.16. The van der Waals surface area contributed by atoms with E-state index in [0.717, 1.165) is 5.69 Å². The van der Waals surface area contributed by atoms with Crippen molar-refractivity contribution >= 4 is 29.3 Å². The molecule has 6 heteroatoms. The summed E-state index contributed by atoms with van der Waals surface area (Å²) < 4.78 is 4.81. The number of para-hydroxylation sites is 1. The maximum absolute atomic E-state index is 12.0. The van der Waals surface area contributed by atoms with Crippen LogP contribution in [0.4, 0.5) is 5.69 Å². The maximum Gasteiger partial charge on any atom is 0.323 e. The molecule has 5 nitrogen and oxygen atoms in total. The van der Waals surface area contributed by atoms with Crippen LogP contribution in [0, 0.1) is 0 Å². The number of carbonyl (C=O) groups is 2. The first-order valence-electron chi connectivity index (χ1n) is 6.37. The predicted molar refractivity (Wildman–Crippen MR) is 81.8 cm³/mol. The number of thioether (sulfide) groups is 1. The number of carbonyl (C=O) groups excluding carboxylic acids is 2. The van der Waals surface area contributed by atoms with E-state index < -0.39 is 12.0 Å². The summed E-state index contributed by atoms with van der Waals surface area (Å²) in [5.41, 5.74) is 6.50. The van der Waals surface area contributed by atoms with Crippen LogP contribution >= 0.6 is 11.8 Å². The van der Waals surface area contributed by atoms with E-state index in [1.165, 1.54) is 11.8 Å². The van der Waals surface area contributed by atoms with Gasteiger partial charge in [0.05, 0.1) is 12.4 Å². The van der Waals surface area contributed by atoms with Crippen LogP contribution in [0.15, 0.2) is 30.3 Å². The molecular weight excluding hydrogens is 276 g/mol. The van der Waals surface area contributed by atoms with E-state index in [0.29, 0.717) is 12.4 Å². The third kappa shape index (κ3) is 5.22. The molecule has 0 aliphatic rings. The highest BCUT2D eigenvalue weighted by atomic mass is 32.2. The van der Waals surface area contributed by atoms with Crippen molar-refractivity contribution in [1.29, 1.82) is 0 Å². The number of anilines is 1. The standard InChI is InChI=1S/C14H20N2O3S/c1-3-19-14(18)12(15)9-20-10-13(17)16(2)11-7-5-4-6-8-11/h4-8,12H,3,9-10,15H2,1-2H3. The Balaban J connectivity index is 2.35. The number of hydrogen-bond acceptors (Lipinski definition) is 5. The summed E-state index contributed by atoms with van der Waals surface area (Å²) >= 11 is 1.33. The van der Waals surface area contributed by atoms with Crippen LogP contribution in [0.1, 0.15) is 6.92 Å². The van der Waals surface area contributed by atoms with E-state index in [4.69, 9.17) is 10.5 Å². The van der Waals surface area contributed by atoms with Crippen molar-refractivity contribution in [3.05, 3.63) is 30.3 Å². The zero-order valence-corrected chi connectivity index (χ0v) is 12.6. The van der Waals surface area contributed by atoms with E-state index in [9.17, 15) is 9.59 Å². The summed E-state index contributed by atoms with van der Waals surface area (Å²) in [7, 11) is 1.73. The maximum atomic E-state index is 12.0. The Hall–Kier alpha value is -1.53. The molecule has 0 heterocycles. The molecule has 0 aliphatic heterocycles. The lowest BCUT2D eigenvalue weighted by atomic mass is 10.3.